The molecule has 15 heteroatoms. The van der Waals surface area contributed by atoms with E-state index in [9.17, 15) is 24.3 Å². The molecule has 1 rings (SSSR count). The fourth-order valence-corrected chi connectivity index (χ4v) is 4.00. The normalized spacial score (nSPS) is 14.1. The number of aliphatic imine (C=N–C) groups is 1. The highest BCUT2D eigenvalue weighted by atomic mass is 32.2. The third-order valence-corrected chi connectivity index (χ3v) is 6.12. The molecule has 0 fully saturated rings. The lowest BCUT2D eigenvalue weighted by atomic mass is 10.0. The van der Waals surface area contributed by atoms with Gasteiger partial charge in [-0.2, -0.15) is 11.8 Å². The van der Waals surface area contributed by atoms with Crippen LogP contribution in [0, 0.1) is 5.92 Å². The molecule has 0 aromatic carbocycles. The molecule has 1 aromatic rings. The van der Waals surface area contributed by atoms with Crippen LogP contribution in [0.15, 0.2) is 17.5 Å². The zero-order valence-corrected chi connectivity index (χ0v) is 22.9. The Balaban J connectivity index is 3.08. The second-order valence-electron chi connectivity index (χ2n) is 9.27. The van der Waals surface area contributed by atoms with Crippen molar-refractivity contribution in [2.45, 2.75) is 70.1 Å². The maximum Gasteiger partial charge on any atom is 0.326 e. The van der Waals surface area contributed by atoms with E-state index in [0.717, 1.165) is 0 Å². The molecule has 4 atom stereocenters. The summed E-state index contributed by atoms with van der Waals surface area (Å²) in [6.45, 7) is 4.06. The molecule has 0 radical (unpaired) electrons. The van der Waals surface area contributed by atoms with Crippen LogP contribution in [0.1, 0.15) is 45.2 Å². The second-order valence-corrected chi connectivity index (χ2v) is 10.3. The van der Waals surface area contributed by atoms with Crippen molar-refractivity contribution in [2.24, 2.45) is 28.1 Å². The van der Waals surface area contributed by atoms with Gasteiger partial charge in [0.2, 0.25) is 17.7 Å². The number of H-pyrrole nitrogens is 1. The molecule has 14 nitrogen and oxygen atoms in total. The van der Waals surface area contributed by atoms with Crippen LogP contribution in [0.2, 0.25) is 0 Å². The Labute approximate surface area is 226 Å². The predicted molar refractivity (Wildman–Crippen MR) is 146 cm³/mol. The molecule has 0 bridgehead atoms. The molecule has 0 aliphatic rings. The van der Waals surface area contributed by atoms with Crippen molar-refractivity contribution in [3.05, 3.63) is 18.2 Å². The topological polar surface area (TPSA) is 244 Å². The lowest BCUT2D eigenvalue weighted by Gasteiger charge is -2.25. The second kappa shape index (κ2) is 17.2. The summed E-state index contributed by atoms with van der Waals surface area (Å²) in [4.78, 5) is 61.5. The number of rotatable bonds is 18. The van der Waals surface area contributed by atoms with Gasteiger partial charge in [0.05, 0.1) is 12.4 Å². The number of amides is 3. The minimum Gasteiger partial charge on any atom is -0.480 e. The summed E-state index contributed by atoms with van der Waals surface area (Å²) in [6.07, 6.45) is 5.95. The summed E-state index contributed by atoms with van der Waals surface area (Å²) in [5, 5.41) is 17.3. The molecule has 0 aliphatic carbocycles. The van der Waals surface area contributed by atoms with Crippen molar-refractivity contribution in [1.29, 1.82) is 0 Å². The molecular weight excluding hydrogens is 514 g/mol. The van der Waals surface area contributed by atoms with E-state index >= 15 is 0 Å². The number of hydrogen-bond acceptors (Lipinski definition) is 8. The number of aromatic amines is 1. The fourth-order valence-electron chi connectivity index (χ4n) is 3.53. The van der Waals surface area contributed by atoms with Gasteiger partial charge in [-0.05, 0) is 43.6 Å². The number of nitrogens with two attached hydrogens (primary N) is 3. The zero-order chi connectivity index (χ0) is 28.7. The van der Waals surface area contributed by atoms with Gasteiger partial charge in [-0.25, -0.2) is 9.78 Å². The summed E-state index contributed by atoms with van der Waals surface area (Å²) < 4.78 is 0. The van der Waals surface area contributed by atoms with Gasteiger partial charge in [-0.1, -0.05) is 13.8 Å². The number of thioether (sulfide) groups is 1. The number of carbonyl (C=O) groups is 4. The van der Waals surface area contributed by atoms with Gasteiger partial charge in [0.15, 0.2) is 5.96 Å². The van der Waals surface area contributed by atoms with Crippen molar-refractivity contribution in [1.82, 2.24) is 25.9 Å². The third-order valence-electron chi connectivity index (χ3n) is 5.48. The Morgan fingerprint density at radius 1 is 1.05 bits per heavy atom. The Morgan fingerprint density at radius 3 is 2.24 bits per heavy atom. The summed E-state index contributed by atoms with van der Waals surface area (Å²) in [5.41, 5.74) is 17.3. The van der Waals surface area contributed by atoms with E-state index in [1.54, 1.807) is 0 Å². The molecule has 38 heavy (non-hydrogen) atoms. The van der Waals surface area contributed by atoms with Gasteiger partial charge in [-0.15, -0.1) is 0 Å². The molecule has 214 valence electrons. The largest absolute Gasteiger partial charge is 0.480 e. The molecule has 11 N–H and O–H groups in total. The molecule has 4 unspecified atom stereocenters. The van der Waals surface area contributed by atoms with E-state index in [1.165, 1.54) is 24.3 Å². The fraction of sp³-hybridized carbons (Fsp3) is 0.652. The standard InChI is InChI=1S/C23H41N9O5S/c1-13(2)9-15(24)19(33)32-18(10-14-11-27-12-29-14)21(35)30-16(5-4-7-28-23(25)26)20(34)31-17(22(36)37)6-8-38-3/h11-13,15-18H,4-10,24H2,1-3H3,(H,27,29)(H,30,35)(H,31,34)(H,32,33)(H,36,37)(H4,25,26,28). The average molecular weight is 556 g/mol. The van der Waals surface area contributed by atoms with Gasteiger partial charge in [0.1, 0.15) is 18.1 Å². The number of guanidine groups is 1. The number of aromatic nitrogens is 2. The average Bonchev–Trinajstić information content (AvgIpc) is 3.35. The monoisotopic (exact) mass is 555 g/mol. The first-order valence-electron chi connectivity index (χ1n) is 12.4. The zero-order valence-electron chi connectivity index (χ0n) is 22.1. The van der Waals surface area contributed by atoms with E-state index in [2.05, 4.69) is 30.9 Å². The molecular formula is C23H41N9O5S. The van der Waals surface area contributed by atoms with Crippen molar-refractivity contribution < 1.29 is 24.3 Å². The van der Waals surface area contributed by atoms with Gasteiger partial charge >= 0.3 is 5.97 Å². The van der Waals surface area contributed by atoms with Crippen LogP contribution < -0.4 is 33.2 Å². The van der Waals surface area contributed by atoms with E-state index in [-0.39, 0.29) is 37.7 Å². The van der Waals surface area contributed by atoms with Crippen molar-refractivity contribution in [3.63, 3.8) is 0 Å². The Kier molecular flexibility index (Phi) is 14.8. The van der Waals surface area contributed by atoms with Crippen molar-refractivity contribution in [2.75, 3.05) is 18.6 Å². The van der Waals surface area contributed by atoms with Gasteiger partial charge in [-0.3, -0.25) is 19.4 Å². The predicted octanol–water partition coefficient (Wildman–Crippen LogP) is -1.33. The molecule has 1 heterocycles. The first-order chi connectivity index (χ1) is 17.9. The first kappa shape index (κ1) is 32.7. The highest BCUT2D eigenvalue weighted by Crippen LogP contribution is 2.08. The van der Waals surface area contributed by atoms with E-state index < -0.39 is 47.9 Å². The number of carboxylic acids is 1. The number of hydrogen-bond donors (Lipinski definition) is 8. The van der Waals surface area contributed by atoms with Crippen LogP contribution in [0.4, 0.5) is 0 Å². The Hall–Kier alpha value is -3.33. The number of nitrogens with zero attached hydrogens (tertiary/aromatic N) is 2. The molecule has 0 saturated carbocycles. The van der Waals surface area contributed by atoms with Crippen molar-refractivity contribution >= 4 is 41.4 Å². The Morgan fingerprint density at radius 2 is 1.68 bits per heavy atom. The molecule has 0 aliphatic heterocycles. The minimum absolute atomic E-state index is 0.0692. The third kappa shape index (κ3) is 12.8. The Bertz CT molecular complexity index is 922. The highest BCUT2D eigenvalue weighted by Gasteiger charge is 2.30. The molecule has 1 aromatic heterocycles. The maximum atomic E-state index is 13.3. The highest BCUT2D eigenvalue weighted by molar-refractivity contribution is 7.98. The summed E-state index contributed by atoms with van der Waals surface area (Å²) in [6, 6.07) is -4.11. The van der Waals surface area contributed by atoms with Crippen LogP contribution in [-0.2, 0) is 25.6 Å². The first-order valence-corrected chi connectivity index (χ1v) is 13.7. The lowest BCUT2D eigenvalue weighted by molar-refractivity contribution is -0.142. The van der Waals surface area contributed by atoms with Crippen LogP contribution in [-0.4, -0.2) is 87.4 Å². The molecule has 0 spiro atoms. The number of carbonyl (C=O) groups excluding carboxylic acids is 3. The van der Waals surface area contributed by atoms with Crippen molar-refractivity contribution in [3.8, 4) is 0 Å². The van der Waals surface area contributed by atoms with Gasteiger partial charge in [0.25, 0.3) is 0 Å². The summed E-state index contributed by atoms with van der Waals surface area (Å²) >= 11 is 1.45. The molecule has 0 saturated heterocycles. The SMILES string of the molecule is CSCCC(NC(=O)C(CCCN=C(N)N)NC(=O)C(Cc1cnc[nH]1)NC(=O)C(N)CC(C)C)C(=O)O. The number of nitrogens with one attached hydrogen (secondary N) is 4. The number of aliphatic carboxylic acids is 1. The van der Waals surface area contributed by atoms with E-state index in [1.807, 2.05) is 20.1 Å². The van der Waals surface area contributed by atoms with E-state index in [0.29, 0.717) is 24.3 Å². The minimum atomic E-state index is -1.18. The van der Waals surface area contributed by atoms with Crippen LogP contribution in [0.25, 0.3) is 0 Å². The summed E-state index contributed by atoms with van der Waals surface area (Å²) in [7, 11) is 0. The maximum absolute atomic E-state index is 13.3. The quantitative estimate of drug-likeness (QED) is 0.0602. The number of carboxylic acid groups (broad SMARTS) is 1. The van der Waals surface area contributed by atoms with Crippen LogP contribution >= 0.6 is 11.8 Å². The van der Waals surface area contributed by atoms with Gasteiger partial charge < -0.3 is 43.2 Å². The molecule has 3 amide bonds. The smallest absolute Gasteiger partial charge is 0.326 e. The summed E-state index contributed by atoms with van der Waals surface area (Å²) in [5.74, 6) is -2.41. The van der Waals surface area contributed by atoms with Crippen LogP contribution in [0.3, 0.4) is 0 Å². The van der Waals surface area contributed by atoms with Crippen LogP contribution in [0.5, 0.6) is 0 Å². The number of imidazole rings is 1. The lowest BCUT2D eigenvalue weighted by Crippen LogP contribution is -2.57. The van der Waals surface area contributed by atoms with Gasteiger partial charge in [0, 0.05) is 24.9 Å². The van der Waals surface area contributed by atoms with E-state index in [4.69, 9.17) is 17.2 Å².